The molecule has 1 aliphatic rings. The maximum atomic E-state index is 11.6. The minimum absolute atomic E-state index is 0.190. The first-order valence-corrected chi connectivity index (χ1v) is 7.65. The Labute approximate surface area is 112 Å². The van der Waals surface area contributed by atoms with Crippen LogP contribution in [0.3, 0.4) is 0 Å². The molecule has 0 N–H and O–H groups in total. The molecular formula is C12H21NO4S. The van der Waals surface area contributed by atoms with Gasteiger partial charge in [0.15, 0.2) is 0 Å². The van der Waals surface area contributed by atoms with Gasteiger partial charge in [0.25, 0.3) is 0 Å². The van der Waals surface area contributed by atoms with Gasteiger partial charge in [-0.05, 0) is 19.1 Å². The Morgan fingerprint density at radius 1 is 1.33 bits per heavy atom. The van der Waals surface area contributed by atoms with E-state index >= 15 is 0 Å². The molecule has 0 bridgehead atoms. The van der Waals surface area contributed by atoms with Crippen LogP contribution in [0.25, 0.3) is 0 Å². The summed E-state index contributed by atoms with van der Waals surface area (Å²) in [5.74, 6) is 0.405. The van der Waals surface area contributed by atoms with Crippen molar-refractivity contribution in [3.05, 3.63) is 0 Å². The molecule has 0 aromatic rings. The van der Waals surface area contributed by atoms with Gasteiger partial charge in [-0.3, -0.25) is 4.79 Å². The normalized spacial score (nSPS) is 18.8. The van der Waals surface area contributed by atoms with Gasteiger partial charge < -0.3 is 14.4 Å². The summed E-state index contributed by atoms with van der Waals surface area (Å²) in [6.07, 6.45) is 3.12. The smallest absolute Gasteiger partial charge is 0.409 e. The molecule has 6 heteroatoms. The number of thioether (sulfide) groups is 1. The Bertz CT molecular complexity index is 285. The van der Waals surface area contributed by atoms with Gasteiger partial charge in [0, 0.05) is 18.8 Å². The average molecular weight is 275 g/mol. The summed E-state index contributed by atoms with van der Waals surface area (Å²) >= 11 is 1.63. The maximum Gasteiger partial charge on any atom is 0.409 e. The fourth-order valence-electron chi connectivity index (χ4n) is 1.74. The summed E-state index contributed by atoms with van der Waals surface area (Å²) in [5.41, 5.74) is 0. The van der Waals surface area contributed by atoms with Crippen molar-refractivity contribution in [1.82, 2.24) is 4.90 Å². The number of likely N-dealkylation sites (tertiary alicyclic amines) is 1. The highest BCUT2D eigenvalue weighted by Gasteiger charge is 2.32. The molecule has 5 nitrogen and oxygen atoms in total. The quantitative estimate of drug-likeness (QED) is 0.546. The lowest BCUT2D eigenvalue weighted by Gasteiger charge is -2.15. The minimum atomic E-state index is -0.324. The first-order chi connectivity index (χ1) is 8.69. The number of nitrogens with zero attached hydrogens (tertiary/aromatic N) is 1. The molecule has 1 heterocycles. The molecule has 0 saturated carbocycles. The molecule has 1 atom stereocenters. The predicted molar refractivity (Wildman–Crippen MR) is 70.7 cm³/mol. The molecule has 18 heavy (non-hydrogen) atoms. The van der Waals surface area contributed by atoms with Crippen LogP contribution in [0.1, 0.15) is 19.8 Å². The van der Waals surface area contributed by atoms with Crippen molar-refractivity contribution in [2.24, 2.45) is 5.92 Å². The lowest BCUT2D eigenvalue weighted by atomic mass is 10.1. The molecule has 0 aliphatic carbocycles. The van der Waals surface area contributed by atoms with Gasteiger partial charge in [0.05, 0.1) is 12.5 Å². The predicted octanol–water partition coefficient (Wildman–Crippen LogP) is 1.76. The van der Waals surface area contributed by atoms with Crippen LogP contribution < -0.4 is 0 Å². The van der Waals surface area contributed by atoms with E-state index in [1.165, 1.54) is 0 Å². The Morgan fingerprint density at radius 3 is 2.78 bits per heavy atom. The number of carbonyl (C=O) groups excluding carboxylic acids is 2. The molecule has 1 rings (SSSR count). The van der Waals surface area contributed by atoms with Crippen molar-refractivity contribution >= 4 is 23.8 Å². The Balaban J connectivity index is 2.27. The van der Waals surface area contributed by atoms with Crippen LogP contribution in [-0.2, 0) is 14.3 Å². The largest absolute Gasteiger partial charge is 0.465 e. The minimum Gasteiger partial charge on any atom is -0.465 e. The second-order valence-electron chi connectivity index (χ2n) is 4.21. The second-order valence-corrected chi connectivity index (χ2v) is 5.19. The van der Waals surface area contributed by atoms with Gasteiger partial charge in [0.1, 0.15) is 6.61 Å². The summed E-state index contributed by atoms with van der Waals surface area (Å²) in [5, 5.41) is 0. The van der Waals surface area contributed by atoms with Crippen molar-refractivity contribution in [2.75, 3.05) is 38.3 Å². The van der Waals surface area contributed by atoms with E-state index in [1.807, 2.05) is 13.2 Å². The van der Waals surface area contributed by atoms with Crippen LogP contribution in [0.4, 0.5) is 4.79 Å². The van der Waals surface area contributed by atoms with E-state index in [-0.39, 0.29) is 18.0 Å². The van der Waals surface area contributed by atoms with Gasteiger partial charge in [0.2, 0.25) is 0 Å². The third-order valence-electron chi connectivity index (χ3n) is 2.74. The van der Waals surface area contributed by atoms with Crippen LogP contribution in [0.2, 0.25) is 0 Å². The van der Waals surface area contributed by atoms with Crippen molar-refractivity contribution in [3.8, 4) is 0 Å². The van der Waals surface area contributed by atoms with Crippen LogP contribution in [0.15, 0.2) is 0 Å². The zero-order chi connectivity index (χ0) is 13.4. The number of rotatable bonds is 6. The van der Waals surface area contributed by atoms with Crippen LogP contribution in [0.5, 0.6) is 0 Å². The average Bonchev–Trinajstić information content (AvgIpc) is 2.85. The van der Waals surface area contributed by atoms with E-state index in [0.29, 0.717) is 32.7 Å². The van der Waals surface area contributed by atoms with Gasteiger partial charge >= 0.3 is 12.1 Å². The molecule has 0 aromatic carbocycles. The zero-order valence-electron chi connectivity index (χ0n) is 11.0. The molecule has 0 aromatic heterocycles. The lowest BCUT2D eigenvalue weighted by molar-refractivity contribution is -0.148. The third-order valence-corrected chi connectivity index (χ3v) is 3.32. The van der Waals surface area contributed by atoms with Crippen molar-refractivity contribution in [1.29, 1.82) is 0 Å². The molecule has 1 unspecified atom stereocenters. The molecule has 0 spiro atoms. The highest BCUT2D eigenvalue weighted by atomic mass is 32.2. The van der Waals surface area contributed by atoms with Crippen LogP contribution in [0, 0.1) is 5.92 Å². The first-order valence-electron chi connectivity index (χ1n) is 6.26. The van der Waals surface area contributed by atoms with Crippen molar-refractivity contribution in [3.63, 3.8) is 0 Å². The first kappa shape index (κ1) is 15.1. The highest BCUT2D eigenvalue weighted by Crippen LogP contribution is 2.18. The van der Waals surface area contributed by atoms with E-state index < -0.39 is 0 Å². The van der Waals surface area contributed by atoms with Crippen LogP contribution in [-0.4, -0.2) is 55.3 Å². The summed E-state index contributed by atoms with van der Waals surface area (Å²) in [6.45, 7) is 3.82. The fraction of sp³-hybridized carbons (Fsp3) is 0.833. The van der Waals surface area contributed by atoms with Gasteiger partial charge in [-0.1, -0.05) is 6.92 Å². The van der Waals surface area contributed by atoms with Gasteiger partial charge in [-0.15, -0.1) is 0 Å². The molecule has 1 aliphatic heterocycles. The summed E-state index contributed by atoms with van der Waals surface area (Å²) in [6, 6.07) is 0. The van der Waals surface area contributed by atoms with Gasteiger partial charge in [-0.25, -0.2) is 4.79 Å². The number of ether oxygens (including phenoxy) is 2. The number of amides is 1. The number of hydrogen-bond acceptors (Lipinski definition) is 5. The third kappa shape index (κ3) is 4.76. The SMILES string of the molecule is CCCOC(=O)C1CCN(C(=O)OCCSC)C1. The fourth-order valence-corrected chi connectivity index (χ4v) is 1.99. The Kier molecular flexibility index (Phi) is 6.93. The zero-order valence-corrected chi connectivity index (χ0v) is 11.8. The summed E-state index contributed by atoms with van der Waals surface area (Å²) < 4.78 is 10.2. The maximum absolute atomic E-state index is 11.6. The van der Waals surface area contributed by atoms with Crippen molar-refractivity contribution < 1.29 is 19.1 Å². The monoisotopic (exact) mass is 275 g/mol. The molecule has 1 fully saturated rings. The standard InChI is InChI=1S/C12H21NO4S/c1-3-6-16-11(14)10-4-5-13(9-10)12(15)17-7-8-18-2/h10H,3-9H2,1-2H3. The second kappa shape index (κ2) is 8.24. The molecule has 104 valence electrons. The van der Waals surface area contributed by atoms with Gasteiger partial charge in [-0.2, -0.15) is 11.8 Å². The summed E-state index contributed by atoms with van der Waals surface area (Å²) in [7, 11) is 0. The topological polar surface area (TPSA) is 55.8 Å². The number of esters is 1. The molecule has 1 saturated heterocycles. The molecule has 0 radical (unpaired) electrons. The summed E-state index contributed by atoms with van der Waals surface area (Å²) in [4.78, 5) is 24.9. The molecular weight excluding hydrogens is 254 g/mol. The van der Waals surface area contributed by atoms with Crippen molar-refractivity contribution in [2.45, 2.75) is 19.8 Å². The highest BCUT2D eigenvalue weighted by molar-refractivity contribution is 7.98. The van der Waals surface area contributed by atoms with E-state index in [2.05, 4.69) is 0 Å². The van der Waals surface area contributed by atoms with E-state index in [4.69, 9.17) is 9.47 Å². The van der Waals surface area contributed by atoms with Crippen LogP contribution >= 0.6 is 11.8 Å². The lowest BCUT2D eigenvalue weighted by Crippen LogP contribution is -2.31. The van der Waals surface area contributed by atoms with E-state index in [1.54, 1.807) is 16.7 Å². The Morgan fingerprint density at radius 2 is 2.11 bits per heavy atom. The molecule has 1 amide bonds. The van der Waals surface area contributed by atoms with E-state index in [0.717, 1.165) is 12.2 Å². The number of carbonyl (C=O) groups is 2. The Hall–Kier alpha value is -0.910. The number of hydrogen-bond donors (Lipinski definition) is 0. The van der Waals surface area contributed by atoms with E-state index in [9.17, 15) is 9.59 Å².